The van der Waals surface area contributed by atoms with Crippen LogP contribution in [-0.4, -0.2) is 6.61 Å². The molecule has 0 radical (unpaired) electrons. The smallest absolute Gasteiger partial charge is 0.119 e. The SMILES string of the molecule is CCOc1ccc(C(Br)Cc2ccc(C)c(C)c2)cc1. The van der Waals surface area contributed by atoms with Crippen LogP contribution in [0.5, 0.6) is 5.75 Å². The molecule has 0 bridgehead atoms. The molecule has 1 unspecified atom stereocenters. The third-order valence-electron chi connectivity index (χ3n) is 3.54. The predicted molar refractivity (Wildman–Crippen MR) is 88.9 cm³/mol. The van der Waals surface area contributed by atoms with Gasteiger partial charge < -0.3 is 4.74 Å². The van der Waals surface area contributed by atoms with Crippen molar-refractivity contribution in [3.8, 4) is 5.75 Å². The molecule has 2 aromatic carbocycles. The van der Waals surface area contributed by atoms with Crippen molar-refractivity contribution in [1.82, 2.24) is 0 Å². The molecule has 0 fully saturated rings. The van der Waals surface area contributed by atoms with Gasteiger partial charge in [0, 0.05) is 4.83 Å². The van der Waals surface area contributed by atoms with Gasteiger partial charge in [-0.15, -0.1) is 0 Å². The molecule has 2 rings (SSSR count). The summed E-state index contributed by atoms with van der Waals surface area (Å²) in [4.78, 5) is 0.334. The van der Waals surface area contributed by atoms with Crippen LogP contribution in [-0.2, 0) is 6.42 Å². The van der Waals surface area contributed by atoms with Crippen LogP contribution >= 0.6 is 15.9 Å². The van der Waals surface area contributed by atoms with Gasteiger partial charge in [-0.05, 0) is 61.6 Å². The number of alkyl halides is 1. The standard InChI is InChI=1S/C18H21BrO/c1-4-20-17-9-7-16(8-10-17)18(19)12-15-6-5-13(2)14(3)11-15/h5-11,18H,4,12H2,1-3H3. The maximum Gasteiger partial charge on any atom is 0.119 e. The number of hydrogen-bond acceptors (Lipinski definition) is 1. The van der Waals surface area contributed by atoms with E-state index in [0.29, 0.717) is 11.4 Å². The van der Waals surface area contributed by atoms with E-state index >= 15 is 0 Å². The molecule has 0 spiro atoms. The van der Waals surface area contributed by atoms with Gasteiger partial charge in [-0.3, -0.25) is 0 Å². The number of rotatable bonds is 5. The fraction of sp³-hybridized carbons (Fsp3) is 0.333. The van der Waals surface area contributed by atoms with Crippen molar-refractivity contribution < 1.29 is 4.74 Å². The lowest BCUT2D eigenvalue weighted by Gasteiger charge is -2.12. The highest BCUT2D eigenvalue weighted by atomic mass is 79.9. The average Bonchev–Trinajstić information content (AvgIpc) is 2.44. The zero-order valence-corrected chi connectivity index (χ0v) is 13.9. The number of ether oxygens (including phenoxy) is 1. The quantitative estimate of drug-likeness (QED) is 0.668. The molecule has 106 valence electrons. The van der Waals surface area contributed by atoms with Gasteiger partial charge in [0.15, 0.2) is 0 Å². The van der Waals surface area contributed by atoms with E-state index in [1.165, 1.54) is 22.3 Å². The van der Waals surface area contributed by atoms with Crippen molar-refractivity contribution in [2.75, 3.05) is 6.61 Å². The molecule has 0 aliphatic heterocycles. The summed E-state index contributed by atoms with van der Waals surface area (Å²) in [7, 11) is 0. The molecule has 2 aromatic rings. The van der Waals surface area contributed by atoms with Crippen molar-refractivity contribution in [3.63, 3.8) is 0 Å². The van der Waals surface area contributed by atoms with E-state index in [9.17, 15) is 0 Å². The summed E-state index contributed by atoms with van der Waals surface area (Å²) in [6.45, 7) is 7.02. The summed E-state index contributed by atoms with van der Waals surface area (Å²) in [5, 5.41) is 0. The van der Waals surface area contributed by atoms with Crippen LogP contribution in [0.2, 0.25) is 0 Å². The highest BCUT2D eigenvalue weighted by molar-refractivity contribution is 9.09. The summed E-state index contributed by atoms with van der Waals surface area (Å²) >= 11 is 3.79. The molecule has 0 N–H and O–H groups in total. The first-order chi connectivity index (χ1) is 9.60. The summed E-state index contributed by atoms with van der Waals surface area (Å²) in [6, 6.07) is 15.0. The van der Waals surface area contributed by atoms with Gasteiger partial charge in [0.05, 0.1) is 6.61 Å². The van der Waals surface area contributed by atoms with E-state index in [-0.39, 0.29) is 0 Å². The van der Waals surface area contributed by atoms with E-state index in [0.717, 1.165) is 12.2 Å². The second kappa shape index (κ2) is 6.94. The van der Waals surface area contributed by atoms with E-state index in [2.05, 4.69) is 60.1 Å². The summed E-state index contributed by atoms with van der Waals surface area (Å²) in [6.07, 6.45) is 0.995. The molecule has 0 aliphatic carbocycles. The largest absolute Gasteiger partial charge is 0.494 e. The first-order valence-corrected chi connectivity index (χ1v) is 7.94. The Morgan fingerprint density at radius 3 is 2.30 bits per heavy atom. The lowest BCUT2D eigenvalue weighted by Crippen LogP contribution is -1.97. The molecule has 0 heterocycles. The zero-order chi connectivity index (χ0) is 14.5. The van der Waals surface area contributed by atoms with Crippen LogP contribution in [0.15, 0.2) is 42.5 Å². The second-order valence-corrected chi connectivity index (χ2v) is 6.20. The summed E-state index contributed by atoms with van der Waals surface area (Å²) in [5.74, 6) is 0.933. The highest BCUT2D eigenvalue weighted by Gasteiger charge is 2.09. The van der Waals surface area contributed by atoms with Crippen molar-refractivity contribution in [2.45, 2.75) is 32.0 Å². The Morgan fingerprint density at radius 2 is 1.70 bits per heavy atom. The first kappa shape index (κ1) is 15.1. The Morgan fingerprint density at radius 1 is 1.00 bits per heavy atom. The summed E-state index contributed by atoms with van der Waals surface area (Å²) in [5.41, 5.74) is 5.35. The lowest BCUT2D eigenvalue weighted by atomic mass is 10.0. The number of halogens is 1. The molecule has 0 saturated heterocycles. The van der Waals surface area contributed by atoms with Crippen LogP contribution in [0.1, 0.15) is 34.0 Å². The normalized spacial score (nSPS) is 12.2. The zero-order valence-electron chi connectivity index (χ0n) is 12.3. The first-order valence-electron chi connectivity index (χ1n) is 7.03. The van der Waals surface area contributed by atoms with Crippen molar-refractivity contribution in [1.29, 1.82) is 0 Å². The number of benzene rings is 2. The Hall–Kier alpha value is -1.28. The van der Waals surface area contributed by atoms with E-state index in [1.54, 1.807) is 0 Å². The van der Waals surface area contributed by atoms with Crippen LogP contribution in [0.25, 0.3) is 0 Å². The molecule has 1 atom stereocenters. The van der Waals surface area contributed by atoms with E-state index in [4.69, 9.17) is 4.74 Å². The monoisotopic (exact) mass is 332 g/mol. The maximum absolute atomic E-state index is 5.47. The van der Waals surface area contributed by atoms with Gasteiger partial charge in [0.2, 0.25) is 0 Å². The van der Waals surface area contributed by atoms with Gasteiger partial charge in [-0.1, -0.05) is 46.3 Å². The fourth-order valence-corrected chi connectivity index (χ4v) is 2.87. The molecule has 0 amide bonds. The third kappa shape index (κ3) is 3.86. The van der Waals surface area contributed by atoms with Crippen LogP contribution < -0.4 is 4.74 Å². The maximum atomic E-state index is 5.47. The van der Waals surface area contributed by atoms with Gasteiger partial charge in [0.25, 0.3) is 0 Å². The van der Waals surface area contributed by atoms with E-state index < -0.39 is 0 Å². The number of aryl methyl sites for hydroxylation is 2. The van der Waals surface area contributed by atoms with Crippen molar-refractivity contribution >= 4 is 15.9 Å². The molecular formula is C18H21BrO. The Kier molecular flexibility index (Phi) is 5.24. The fourth-order valence-electron chi connectivity index (χ4n) is 2.19. The molecule has 20 heavy (non-hydrogen) atoms. The molecule has 0 saturated carbocycles. The second-order valence-electron chi connectivity index (χ2n) is 5.09. The minimum atomic E-state index is 0.334. The van der Waals surface area contributed by atoms with Crippen LogP contribution in [0.3, 0.4) is 0 Å². The minimum Gasteiger partial charge on any atom is -0.494 e. The minimum absolute atomic E-state index is 0.334. The van der Waals surface area contributed by atoms with Crippen molar-refractivity contribution in [2.24, 2.45) is 0 Å². The Labute approximate surface area is 130 Å². The van der Waals surface area contributed by atoms with Gasteiger partial charge >= 0.3 is 0 Å². The van der Waals surface area contributed by atoms with Crippen LogP contribution in [0.4, 0.5) is 0 Å². The number of hydrogen-bond donors (Lipinski definition) is 0. The molecular weight excluding hydrogens is 312 g/mol. The van der Waals surface area contributed by atoms with Gasteiger partial charge in [-0.2, -0.15) is 0 Å². The van der Waals surface area contributed by atoms with Crippen molar-refractivity contribution in [3.05, 3.63) is 64.7 Å². The molecule has 1 nitrogen and oxygen atoms in total. The average molecular weight is 333 g/mol. The van der Waals surface area contributed by atoms with Gasteiger partial charge in [0.1, 0.15) is 5.75 Å². The molecule has 0 aliphatic rings. The van der Waals surface area contributed by atoms with Crippen LogP contribution in [0, 0.1) is 13.8 Å². The summed E-state index contributed by atoms with van der Waals surface area (Å²) < 4.78 is 5.47. The topological polar surface area (TPSA) is 9.23 Å². The lowest BCUT2D eigenvalue weighted by molar-refractivity contribution is 0.340. The molecule has 2 heteroatoms. The Bertz CT molecular complexity index is 560. The van der Waals surface area contributed by atoms with E-state index in [1.807, 2.05) is 19.1 Å². The third-order valence-corrected chi connectivity index (χ3v) is 4.39. The molecule has 0 aromatic heterocycles. The predicted octanol–water partition coefficient (Wildman–Crippen LogP) is 5.38. The Balaban J connectivity index is 2.06. The van der Waals surface area contributed by atoms with Gasteiger partial charge in [-0.25, -0.2) is 0 Å². The highest BCUT2D eigenvalue weighted by Crippen LogP contribution is 2.29.